The summed E-state index contributed by atoms with van der Waals surface area (Å²) in [6, 6.07) is 0. The van der Waals surface area contributed by atoms with Crippen LogP contribution in [0.2, 0.25) is 0 Å². The monoisotopic (exact) mass is 328 g/mol. The molecule has 0 saturated carbocycles. The first-order valence-electron chi connectivity index (χ1n) is 5.34. The molecule has 18 heavy (non-hydrogen) atoms. The van der Waals surface area contributed by atoms with Crippen LogP contribution in [0.15, 0.2) is 4.47 Å². The molecule has 96 valence electrons. The zero-order chi connectivity index (χ0) is 13.4. The molecule has 0 atom stereocenters. The molecule has 0 aliphatic carbocycles. The molecule has 2 aromatic heterocycles. The number of amides is 1. The van der Waals surface area contributed by atoms with Gasteiger partial charge < -0.3 is 0 Å². The summed E-state index contributed by atoms with van der Waals surface area (Å²) in [5.74, 6) is -0.251. The predicted molar refractivity (Wildman–Crippen MR) is 75.2 cm³/mol. The van der Waals surface area contributed by atoms with Crippen molar-refractivity contribution in [3.05, 3.63) is 26.4 Å². The quantitative estimate of drug-likeness (QED) is 0.922. The van der Waals surface area contributed by atoms with Gasteiger partial charge in [0.2, 0.25) is 0 Å². The van der Waals surface area contributed by atoms with Crippen molar-refractivity contribution >= 4 is 38.3 Å². The first-order chi connectivity index (χ1) is 8.40. The number of nitrogens with one attached hydrogen (secondary N) is 1. The van der Waals surface area contributed by atoms with E-state index in [1.807, 2.05) is 20.8 Å². The number of halogens is 1. The van der Waals surface area contributed by atoms with Gasteiger partial charge in [0.05, 0.1) is 15.9 Å². The Morgan fingerprint density at radius 1 is 1.39 bits per heavy atom. The number of thiazole rings is 1. The lowest BCUT2D eigenvalue weighted by Crippen LogP contribution is -2.13. The van der Waals surface area contributed by atoms with E-state index in [0.717, 1.165) is 16.3 Å². The second-order valence-electron chi connectivity index (χ2n) is 3.99. The Morgan fingerprint density at radius 3 is 2.50 bits per heavy atom. The number of anilines is 1. The minimum atomic E-state index is -0.251. The molecule has 5 nitrogen and oxygen atoms in total. The van der Waals surface area contributed by atoms with E-state index >= 15 is 0 Å². The lowest BCUT2D eigenvalue weighted by Gasteiger charge is -1.98. The maximum absolute atomic E-state index is 12.1. The maximum atomic E-state index is 12.1. The SMILES string of the molecule is Cc1nc(NC(=O)c2nn(C)c(C)c2Br)sc1C. The van der Waals surface area contributed by atoms with Crippen molar-refractivity contribution in [3.63, 3.8) is 0 Å². The van der Waals surface area contributed by atoms with Crippen LogP contribution in [0.3, 0.4) is 0 Å². The van der Waals surface area contributed by atoms with E-state index in [0.29, 0.717) is 15.3 Å². The highest BCUT2D eigenvalue weighted by atomic mass is 79.9. The molecule has 1 N–H and O–H groups in total. The van der Waals surface area contributed by atoms with Crippen molar-refractivity contribution < 1.29 is 4.79 Å². The Balaban J connectivity index is 2.24. The van der Waals surface area contributed by atoms with E-state index in [9.17, 15) is 4.79 Å². The van der Waals surface area contributed by atoms with Crippen LogP contribution in [0.5, 0.6) is 0 Å². The van der Waals surface area contributed by atoms with Crippen LogP contribution >= 0.6 is 27.3 Å². The van der Waals surface area contributed by atoms with Gasteiger partial charge in [-0.15, -0.1) is 11.3 Å². The Bertz CT molecular complexity index is 597. The van der Waals surface area contributed by atoms with E-state index in [-0.39, 0.29) is 5.91 Å². The van der Waals surface area contributed by atoms with Gasteiger partial charge in [0.1, 0.15) is 0 Å². The van der Waals surface area contributed by atoms with Gasteiger partial charge in [-0.1, -0.05) is 0 Å². The van der Waals surface area contributed by atoms with Crippen LogP contribution in [0.4, 0.5) is 5.13 Å². The number of hydrogen-bond acceptors (Lipinski definition) is 4. The van der Waals surface area contributed by atoms with Crippen molar-refractivity contribution in [3.8, 4) is 0 Å². The minimum Gasteiger partial charge on any atom is -0.296 e. The number of rotatable bonds is 2. The number of carbonyl (C=O) groups is 1. The molecule has 0 aromatic carbocycles. The second kappa shape index (κ2) is 4.81. The predicted octanol–water partition coefficient (Wildman–Crippen LogP) is 2.82. The Hall–Kier alpha value is -1.21. The summed E-state index contributed by atoms with van der Waals surface area (Å²) in [6.07, 6.45) is 0. The summed E-state index contributed by atoms with van der Waals surface area (Å²) >= 11 is 4.83. The third-order valence-electron chi connectivity index (χ3n) is 2.73. The van der Waals surface area contributed by atoms with Crippen LogP contribution in [-0.4, -0.2) is 20.7 Å². The molecule has 0 spiro atoms. The molecule has 0 radical (unpaired) electrons. The lowest BCUT2D eigenvalue weighted by atomic mass is 10.3. The molecule has 0 fully saturated rings. The summed E-state index contributed by atoms with van der Waals surface area (Å²) in [6.45, 7) is 5.79. The zero-order valence-corrected chi connectivity index (χ0v) is 12.9. The van der Waals surface area contributed by atoms with E-state index in [1.165, 1.54) is 11.3 Å². The molecular formula is C11H13BrN4OS. The smallest absolute Gasteiger partial charge is 0.279 e. The molecule has 2 heterocycles. The highest BCUT2D eigenvalue weighted by Gasteiger charge is 2.19. The van der Waals surface area contributed by atoms with Gasteiger partial charge in [-0.3, -0.25) is 14.8 Å². The maximum Gasteiger partial charge on any atom is 0.279 e. The van der Waals surface area contributed by atoms with E-state index < -0.39 is 0 Å². The molecule has 2 aromatic rings. The van der Waals surface area contributed by atoms with Gasteiger partial charge in [0.15, 0.2) is 10.8 Å². The molecule has 0 bridgehead atoms. The van der Waals surface area contributed by atoms with Crippen molar-refractivity contribution in [2.24, 2.45) is 7.05 Å². The van der Waals surface area contributed by atoms with Gasteiger partial charge in [-0.25, -0.2) is 4.98 Å². The summed E-state index contributed by atoms with van der Waals surface area (Å²) in [4.78, 5) is 17.4. The summed E-state index contributed by atoms with van der Waals surface area (Å²) in [5, 5.41) is 7.54. The van der Waals surface area contributed by atoms with E-state index in [4.69, 9.17) is 0 Å². The van der Waals surface area contributed by atoms with E-state index in [2.05, 4.69) is 31.3 Å². The highest BCUT2D eigenvalue weighted by Crippen LogP contribution is 2.24. The average molecular weight is 329 g/mol. The van der Waals surface area contributed by atoms with Gasteiger partial charge in [-0.05, 0) is 36.7 Å². The number of nitrogens with zero attached hydrogens (tertiary/aromatic N) is 3. The summed E-state index contributed by atoms with van der Waals surface area (Å²) in [5.41, 5.74) is 2.22. The lowest BCUT2D eigenvalue weighted by molar-refractivity contribution is 0.102. The minimum absolute atomic E-state index is 0.251. The fourth-order valence-corrected chi connectivity index (χ4v) is 2.74. The van der Waals surface area contributed by atoms with Crippen LogP contribution in [-0.2, 0) is 7.05 Å². The first kappa shape index (κ1) is 13.2. The third-order valence-corrected chi connectivity index (χ3v) is 4.66. The summed E-state index contributed by atoms with van der Waals surface area (Å²) in [7, 11) is 1.80. The number of hydrogen-bond donors (Lipinski definition) is 1. The molecule has 0 aliphatic heterocycles. The molecule has 2 rings (SSSR count). The molecule has 0 aliphatic rings. The molecule has 0 unspecified atom stereocenters. The number of aryl methyl sites for hydroxylation is 3. The van der Waals surface area contributed by atoms with Crippen LogP contribution in [0, 0.1) is 20.8 Å². The zero-order valence-electron chi connectivity index (χ0n) is 10.5. The van der Waals surface area contributed by atoms with Crippen molar-refractivity contribution in [1.29, 1.82) is 0 Å². The number of carbonyl (C=O) groups excluding carboxylic acids is 1. The fourth-order valence-electron chi connectivity index (χ4n) is 1.41. The average Bonchev–Trinajstić information content (AvgIpc) is 2.74. The standard InChI is InChI=1S/C11H13BrN4OS/c1-5-7(3)18-11(13-5)14-10(17)9-8(12)6(2)16(4)15-9/h1-4H3,(H,13,14,17). The highest BCUT2D eigenvalue weighted by molar-refractivity contribution is 9.10. The van der Waals surface area contributed by atoms with Gasteiger partial charge in [0.25, 0.3) is 5.91 Å². The normalized spacial score (nSPS) is 10.7. The van der Waals surface area contributed by atoms with Crippen LogP contribution < -0.4 is 5.32 Å². The fraction of sp³-hybridized carbons (Fsp3) is 0.364. The van der Waals surface area contributed by atoms with Crippen molar-refractivity contribution in [1.82, 2.24) is 14.8 Å². The van der Waals surface area contributed by atoms with Gasteiger partial charge in [-0.2, -0.15) is 5.10 Å². The first-order valence-corrected chi connectivity index (χ1v) is 6.95. The number of aromatic nitrogens is 3. The summed E-state index contributed by atoms with van der Waals surface area (Å²) < 4.78 is 2.38. The van der Waals surface area contributed by atoms with Gasteiger partial charge >= 0.3 is 0 Å². The molecule has 7 heteroatoms. The largest absolute Gasteiger partial charge is 0.296 e. The Labute approximate surface area is 117 Å². The topological polar surface area (TPSA) is 59.8 Å². The van der Waals surface area contributed by atoms with Crippen molar-refractivity contribution in [2.75, 3.05) is 5.32 Å². The molecule has 0 saturated heterocycles. The molecule has 1 amide bonds. The van der Waals surface area contributed by atoms with Crippen LogP contribution in [0.1, 0.15) is 26.8 Å². The Morgan fingerprint density at radius 2 is 2.06 bits per heavy atom. The molecular weight excluding hydrogens is 316 g/mol. The second-order valence-corrected chi connectivity index (χ2v) is 5.98. The van der Waals surface area contributed by atoms with Crippen molar-refractivity contribution in [2.45, 2.75) is 20.8 Å². The van der Waals surface area contributed by atoms with Gasteiger partial charge in [0, 0.05) is 11.9 Å². The third kappa shape index (κ3) is 2.32. The Kier molecular flexibility index (Phi) is 3.54. The van der Waals surface area contributed by atoms with E-state index in [1.54, 1.807) is 11.7 Å². The van der Waals surface area contributed by atoms with Crippen LogP contribution in [0.25, 0.3) is 0 Å².